The van der Waals surface area contributed by atoms with Gasteiger partial charge in [0.05, 0.1) is 21.3 Å². The van der Waals surface area contributed by atoms with E-state index in [-0.39, 0.29) is 10.8 Å². The molecule has 14 aromatic carbocycles. The van der Waals surface area contributed by atoms with Gasteiger partial charge < -0.3 is 33.8 Å². The molecule has 7 nitrogen and oxygen atoms in total. The Hall–Kier alpha value is -12.3. The van der Waals surface area contributed by atoms with Crippen LogP contribution in [0.1, 0.15) is 55.5 Å². The molecule has 0 bridgehead atoms. The third-order valence-electron chi connectivity index (χ3n) is 20.7. The van der Waals surface area contributed by atoms with Crippen molar-refractivity contribution < 1.29 is 14.2 Å². The van der Waals surface area contributed by atoms with Crippen LogP contribution >= 0.6 is 0 Å². The first kappa shape index (κ1) is 63.4. The second kappa shape index (κ2) is 26.2. The monoisotopic (exact) mass is 1310 g/mol. The molecule has 14 aromatic rings. The van der Waals surface area contributed by atoms with E-state index in [0.29, 0.717) is 0 Å². The van der Waals surface area contributed by atoms with Crippen LogP contribution < -0.4 is 33.8 Å². The largest absolute Gasteiger partial charge is 0.497 e. The summed E-state index contributed by atoms with van der Waals surface area (Å²) in [5.41, 5.74) is 31.0. The highest BCUT2D eigenvalue weighted by Gasteiger charge is 2.37. The summed E-state index contributed by atoms with van der Waals surface area (Å²) in [6.45, 7) is 11.5. The second-order valence-electron chi connectivity index (χ2n) is 27.4. The fraction of sp³-hybridized carbons (Fsp3) is 0.106. The molecule has 0 saturated carbocycles. The van der Waals surface area contributed by atoms with Crippen molar-refractivity contribution in [2.24, 2.45) is 0 Å². The maximum Gasteiger partial charge on any atom is 0.119 e. The third-order valence-corrected chi connectivity index (χ3v) is 20.7. The van der Waals surface area contributed by atoms with Gasteiger partial charge in [-0.1, -0.05) is 179 Å². The molecule has 101 heavy (non-hydrogen) atoms. The number of methoxy groups -OCH3 is 3. The van der Waals surface area contributed by atoms with Crippen molar-refractivity contribution in [3.8, 4) is 72.9 Å². The van der Waals surface area contributed by atoms with Crippen LogP contribution in [0.5, 0.6) is 17.2 Å². The molecule has 2 aliphatic carbocycles. The Morgan fingerprint density at radius 1 is 0.208 bits per heavy atom. The molecule has 0 spiro atoms. The van der Waals surface area contributed by atoms with Gasteiger partial charge >= 0.3 is 0 Å². The molecule has 0 unspecified atom stereocenters. The predicted octanol–water partition coefficient (Wildman–Crippen LogP) is 25.5. The molecular weight excluding hydrogens is 1230 g/mol. The lowest BCUT2D eigenvalue weighted by Gasteiger charge is -2.29. The lowest BCUT2D eigenvalue weighted by atomic mass is 9.82. The van der Waals surface area contributed by atoms with Gasteiger partial charge in [-0.3, -0.25) is 0 Å². The Morgan fingerprint density at radius 3 is 0.653 bits per heavy atom. The zero-order valence-corrected chi connectivity index (χ0v) is 58.2. The number of anilines is 12. The molecule has 0 amide bonds. The number of ether oxygens (including phenoxy) is 3. The van der Waals surface area contributed by atoms with Crippen LogP contribution in [0.2, 0.25) is 0 Å². The Morgan fingerprint density at radius 2 is 0.406 bits per heavy atom. The van der Waals surface area contributed by atoms with Crippen LogP contribution in [0.25, 0.3) is 55.6 Å². The van der Waals surface area contributed by atoms with Crippen LogP contribution in [0, 0.1) is 6.92 Å². The maximum absolute atomic E-state index is 5.53. The summed E-state index contributed by atoms with van der Waals surface area (Å²) in [5, 5.41) is 0. The summed E-state index contributed by atoms with van der Waals surface area (Å²) in [7, 11) is 5.09. The van der Waals surface area contributed by atoms with Crippen molar-refractivity contribution >= 4 is 68.2 Å². The molecule has 16 rings (SSSR count). The minimum absolute atomic E-state index is 0.167. The summed E-state index contributed by atoms with van der Waals surface area (Å²) in [5.74, 6) is 2.44. The van der Waals surface area contributed by atoms with E-state index in [1.165, 1.54) is 50.1 Å². The van der Waals surface area contributed by atoms with Gasteiger partial charge in [0.15, 0.2) is 0 Å². The molecular formula is C94H78N4O3. The fourth-order valence-corrected chi connectivity index (χ4v) is 15.2. The van der Waals surface area contributed by atoms with Crippen LogP contribution in [0.4, 0.5) is 68.2 Å². The standard InChI is InChI=1S/C94H78N4O3/c1-63-17-31-70(32-18-63)95(77-45-53-82(99-6)54-46-77)71-33-19-64(20-34-71)66-23-37-73(38-24-66)97(80-51-59-87-85-13-9-11-15-89(85)93(2,3)91(87)61-80)75-41-27-68(28-42-75)69-29-43-76(44-30-69)98(81-52-60-88-86-14-10-12-16-90(86)94(4,5)92(88)62-81)74-39-25-67(26-40-74)65-21-35-72(36-22-65)96(78-47-55-83(100-7)56-48-78)79-49-57-84(101-8)58-50-79/h9-62H,1-8H3. The lowest BCUT2D eigenvalue weighted by Crippen LogP contribution is -2.16. The van der Waals surface area contributed by atoms with Crippen LogP contribution in [0.3, 0.4) is 0 Å². The van der Waals surface area contributed by atoms with Gasteiger partial charge in [-0.2, -0.15) is 0 Å². The lowest BCUT2D eigenvalue weighted by molar-refractivity contribution is 0.414. The van der Waals surface area contributed by atoms with E-state index in [2.05, 4.69) is 345 Å². The van der Waals surface area contributed by atoms with Crippen molar-refractivity contribution in [3.63, 3.8) is 0 Å². The van der Waals surface area contributed by atoms with Gasteiger partial charge in [0.2, 0.25) is 0 Å². The molecule has 0 radical (unpaired) electrons. The number of rotatable bonds is 18. The molecule has 2 aliphatic rings. The van der Waals surface area contributed by atoms with Crippen LogP contribution in [-0.2, 0) is 10.8 Å². The van der Waals surface area contributed by atoms with E-state index in [1.807, 2.05) is 36.4 Å². The first-order valence-electron chi connectivity index (χ1n) is 34.6. The minimum Gasteiger partial charge on any atom is -0.497 e. The quantitative estimate of drug-likeness (QED) is 0.0848. The number of fused-ring (bicyclic) bond motifs is 6. The molecule has 0 atom stereocenters. The first-order valence-corrected chi connectivity index (χ1v) is 34.6. The van der Waals surface area contributed by atoms with Crippen molar-refractivity contribution in [1.82, 2.24) is 0 Å². The molecule has 0 fully saturated rings. The number of hydrogen-bond donors (Lipinski definition) is 0. The number of hydrogen-bond acceptors (Lipinski definition) is 7. The maximum atomic E-state index is 5.53. The second-order valence-corrected chi connectivity index (χ2v) is 27.4. The molecule has 0 aromatic heterocycles. The summed E-state index contributed by atoms with van der Waals surface area (Å²) in [6.07, 6.45) is 0. The third kappa shape index (κ3) is 11.8. The highest BCUT2D eigenvalue weighted by Crippen LogP contribution is 2.53. The zero-order valence-electron chi connectivity index (χ0n) is 58.2. The number of nitrogens with zero attached hydrogens (tertiary/aromatic N) is 4. The summed E-state index contributed by atoms with van der Waals surface area (Å²) < 4.78 is 16.6. The normalized spacial score (nSPS) is 12.7. The SMILES string of the molecule is COc1ccc(N(c2ccc(C)cc2)c2ccc(-c3ccc(N(c4ccc(-c5ccc(N(c6ccc(-c7ccc(N(c8ccc(OC)cc8)c8ccc(OC)cc8)cc7)cc6)c6ccc7c(c6)C(C)(C)c6ccccc6-7)cc5)cc4)c4ccc5c(c4)C(C)(C)c4ccccc4-5)cc3)cc2)cc1. The van der Waals surface area contributed by atoms with E-state index in [9.17, 15) is 0 Å². The Bertz CT molecular complexity index is 5260. The van der Waals surface area contributed by atoms with E-state index in [0.717, 1.165) is 119 Å². The highest BCUT2D eigenvalue weighted by atomic mass is 16.5. The van der Waals surface area contributed by atoms with Gasteiger partial charge in [0.25, 0.3) is 0 Å². The Labute approximate surface area is 593 Å². The summed E-state index contributed by atoms with van der Waals surface area (Å²) in [6, 6.07) is 119. The minimum atomic E-state index is -0.170. The van der Waals surface area contributed by atoms with Gasteiger partial charge in [-0.25, -0.2) is 0 Å². The average molecular weight is 1310 g/mol. The number of aryl methyl sites for hydroxylation is 1. The van der Waals surface area contributed by atoms with E-state index >= 15 is 0 Å². The number of benzene rings is 14. The molecule has 492 valence electrons. The van der Waals surface area contributed by atoms with Crippen molar-refractivity contribution in [3.05, 3.63) is 355 Å². The van der Waals surface area contributed by atoms with E-state index < -0.39 is 0 Å². The van der Waals surface area contributed by atoms with Gasteiger partial charge in [0, 0.05) is 79.1 Å². The van der Waals surface area contributed by atoms with Crippen LogP contribution in [0.15, 0.2) is 328 Å². The fourth-order valence-electron chi connectivity index (χ4n) is 15.2. The van der Waals surface area contributed by atoms with E-state index in [1.54, 1.807) is 21.3 Å². The van der Waals surface area contributed by atoms with Crippen molar-refractivity contribution in [2.75, 3.05) is 40.9 Å². The van der Waals surface area contributed by atoms with Gasteiger partial charge in [0.1, 0.15) is 17.2 Å². The summed E-state index contributed by atoms with van der Waals surface area (Å²) in [4.78, 5) is 9.34. The highest BCUT2D eigenvalue weighted by molar-refractivity contribution is 5.90. The van der Waals surface area contributed by atoms with Crippen LogP contribution in [-0.4, -0.2) is 21.3 Å². The van der Waals surface area contributed by atoms with Gasteiger partial charge in [-0.05, 0) is 267 Å². The molecule has 0 aliphatic heterocycles. The van der Waals surface area contributed by atoms with Crippen molar-refractivity contribution in [2.45, 2.75) is 45.4 Å². The zero-order chi connectivity index (χ0) is 68.9. The smallest absolute Gasteiger partial charge is 0.119 e. The molecule has 0 saturated heterocycles. The average Bonchev–Trinajstić information content (AvgIpc) is 1.60. The molecule has 0 heterocycles. The molecule has 0 N–H and O–H groups in total. The predicted molar refractivity (Wildman–Crippen MR) is 421 cm³/mol. The van der Waals surface area contributed by atoms with E-state index in [4.69, 9.17) is 14.2 Å². The topological polar surface area (TPSA) is 40.7 Å². The Balaban J connectivity index is 0.712. The summed E-state index contributed by atoms with van der Waals surface area (Å²) >= 11 is 0. The van der Waals surface area contributed by atoms with Gasteiger partial charge in [-0.15, -0.1) is 0 Å². The first-order chi connectivity index (χ1) is 49.3. The molecule has 7 heteroatoms. The van der Waals surface area contributed by atoms with Crippen molar-refractivity contribution in [1.29, 1.82) is 0 Å². The Kier molecular flexibility index (Phi) is 16.4.